The van der Waals surface area contributed by atoms with Gasteiger partial charge in [0.2, 0.25) is 0 Å². The number of nitrogens with one attached hydrogen (secondary N) is 1. The van der Waals surface area contributed by atoms with Crippen LogP contribution in [-0.2, 0) is 17.4 Å². The Bertz CT molecular complexity index is 882. The van der Waals surface area contributed by atoms with E-state index in [-0.39, 0.29) is 6.42 Å². The van der Waals surface area contributed by atoms with Gasteiger partial charge in [-0.15, -0.1) is 11.3 Å². The van der Waals surface area contributed by atoms with E-state index in [1.165, 1.54) is 11.3 Å². The zero-order chi connectivity index (χ0) is 18.0. The predicted molar refractivity (Wildman–Crippen MR) is 90.5 cm³/mol. The van der Waals surface area contributed by atoms with E-state index in [2.05, 4.69) is 4.98 Å². The van der Waals surface area contributed by atoms with Gasteiger partial charge in [-0.2, -0.15) is 13.2 Å². The van der Waals surface area contributed by atoms with Crippen molar-refractivity contribution in [3.8, 4) is 21.6 Å². The number of halogens is 3. The molecule has 0 radical (unpaired) electrons. The maximum atomic E-state index is 13.3. The first-order valence-electron chi connectivity index (χ1n) is 7.48. The van der Waals surface area contributed by atoms with Gasteiger partial charge in [-0.25, -0.2) is 0 Å². The van der Waals surface area contributed by atoms with E-state index < -0.39 is 17.7 Å². The van der Waals surface area contributed by atoms with Crippen molar-refractivity contribution >= 4 is 17.3 Å². The van der Waals surface area contributed by atoms with Gasteiger partial charge in [-0.1, -0.05) is 6.07 Å². The standard InChI is InChI=1S/C18H14F3NO2S/c19-18(20,21)14-7-11(6-12(8-14)16-2-1-5-25-16)13-9-15(22-10-13)3-4-17(23)24/h1-2,5-10,22H,3-4H2,(H,23,24). The van der Waals surface area contributed by atoms with Gasteiger partial charge in [0.15, 0.2) is 0 Å². The van der Waals surface area contributed by atoms with Crippen molar-refractivity contribution in [2.24, 2.45) is 0 Å². The van der Waals surface area contributed by atoms with Gasteiger partial charge in [0.25, 0.3) is 0 Å². The maximum absolute atomic E-state index is 13.3. The molecule has 0 saturated carbocycles. The summed E-state index contributed by atoms with van der Waals surface area (Å²) in [6.07, 6.45) is -2.58. The smallest absolute Gasteiger partial charge is 0.416 e. The molecule has 0 atom stereocenters. The number of hydrogen-bond donors (Lipinski definition) is 2. The Morgan fingerprint density at radius 1 is 1.12 bits per heavy atom. The fourth-order valence-electron chi connectivity index (χ4n) is 2.54. The quantitative estimate of drug-likeness (QED) is 0.632. The normalized spacial score (nSPS) is 11.6. The highest BCUT2D eigenvalue weighted by Gasteiger charge is 2.31. The summed E-state index contributed by atoms with van der Waals surface area (Å²) in [5.41, 5.74) is 1.52. The lowest BCUT2D eigenvalue weighted by atomic mass is 10.00. The summed E-state index contributed by atoms with van der Waals surface area (Å²) >= 11 is 1.38. The van der Waals surface area contributed by atoms with Gasteiger partial charge in [0.1, 0.15) is 0 Å². The van der Waals surface area contributed by atoms with Crippen LogP contribution in [0.15, 0.2) is 48.0 Å². The molecule has 0 fully saturated rings. The third-order valence-corrected chi connectivity index (χ3v) is 4.67. The average Bonchev–Trinajstić information content (AvgIpc) is 3.23. The van der Waals surface area contributed by atoms with Crippen molar-refractivity contribution in [3.63, 3.8) is 0 Å². The van der Waals surface area contributed by atoms with E-state index in [0.717, 1.165) is 17.0 Å². The minimum atomic E-state index is -4.44. The first kappa shape index (κ1) is 17.3. The van der Waals surface area contributed by atoms with Crippen LogP contribution in [0, 0.1) is 0 Å². The molecule has 0 spiro atoms. The van der Waals surface area contributed by atoms with Crippen LogP contribution >= 0.6 is 11.3 Å². The molecule has 1 aromatic carbocycles. The number of aliphatic carboxylic acids is 1. The number of rotatable bonds is 5. The third kappa shape index (κ3) is 4.11. The van der Waals surface area contributed by atoms with E-state index in [4.69, 9.17) is 5.11 Å². The minimum absolute atomic E-state index is 0.0387. The Hall–Kier alpha value is -2.54. The molecule has 2 N–H and O–H groups in total. The topological polar surface area (TPSA) is 53.1 Å². The molecule has 2 aromatic heterocycles. The maximum Gasteiger partial charge on any atom is 0.416 e. The van der Waals surface area contributed by atoms with Gasteiger partial charge in [-0.3, -0.25) is 4.79 Å². The summed E-state index contributed by atoms with van der Waals surface area (Å²) in [6, 6.07) is 9.23. The molecule has 7 heteroatoms. The van der Waals surface area contributed by atoms with Crippen LogP contribution in [0.4, 0.5) is 13.2 Å². The van der Waals surface area contributed by atoms with Crippen LogP contribution in [0.25, 0.3) is 21.6 Å². The van der Waals surface area contributed by atoms with Gasteiger partial charge >= 0.3 is 12.1 Å². The molecule has 0 aliphatic heterocycles. The number of carbonyl (C=O) groups is 1. The molecule has 0 aliphatic rings. The van der Waals surface area contributed by atoms with Crippen LogP contribution in [0.5, 0.6) is 0 Å². The second-order valence-corrected chi connectivity index (χ2v) is 6.53. The van der Waals surface area contributed by atoms with Crippen molar-refractivity contribution in [2.45, 2.75) is 19.0 Å². The molecule has 0 aliphatic carbocycles. The highest BCUT2D eigenvalue weighted by molar-refractivity contribution is 7.13. The van der Waals surface area contributed by atoms with Crippen molar-refractivity contribution in [3.05, 3.63) is 59.2 Å². The molecular weight excluding hydrogens is 351 g/mol. The van der Waals surface area contributed by atoms with E-state index in [0.29, 0.717) is 28.8 Å². The summed E-state index contributed by atoms with van der Waals surface area (Å²) in [7, 11) is 0. The second-order valence-electron chi connectivity index (χ2n) is 5.58. The molecule has 0 amide bonds. The molecule has 3 rings (SSSR count). The number of thiophene rings is 1. The highest BCUT2D eigenvalue weighted by Crippen LogP contribution is 2.37. The molecule has 0 bridgehead atoms. The highest BCUT2D eigenvalue weighted by atomic mass is 32.1. The summed E-state index contributed by atoms with van der Waals surface area (Å²) in [6.45, 7) is 0. The van der Waals surface area contributed by atoms with Gasteiger partial charge in [0.05, 0.1) is 12.0 Å². The fourth-order valence-corrected chi connectivity index (χ4v) is 3.25. The number of alkyl halides is 3. The summed E-state index contributed by atoms with van der Waals surface area (Å²) in [5.74, 6) is -0.921. The van der Waals surface area contributed by atoms with Crippen molar-refractivity contribution in [1.29, 1.82) is 0 Å². The van der Waals surface area contributed by atoms with E-state index in [9.17, 15) is 18.0 Å². The number of hydrogen-bond acceptors (Lipinski definition) is 2. The fraction of sp³-hybridized carbons (Fsp3) is 0.167. The van der Waals surface area contributed by atoms with E-state index in [1.807, 2.05) is 5.38 Å². The van der Waals surface area contributed by atoms with Crippen molar-refractivity contribution in [1.82, 2.24) is 4.98 Å². The number of H-pyrrole nitrogens is 1. The number of aromatic nitrogens is 1. The predicted octanol–water partition coefficient (Wildman–Crippen LogP) is 5.45. The Morgan fingerprint density at radius 3 is 2.52 bits per heavy atom. The Balaban J connectivity index is 2.00. The van der Waals surface area contributed by atoms with Crippen LogP contribution in [0.1, 0.15) is 17.7 Å². The zero-order valence-electron chi connectivity index (χ0n) is 12.9. The largest absolute Gasteiger partial charge is 0.481 e. The summed E-state index contributed by atoms with van der Waals surface area (Å²) in [5, 5.41) is 10.5. The lowest BCUT2D eigenvalue weighted by molar-refractivity contribution is -0.138. The van der Waals surface area contributed by atoms with Gasteiger partial charge in [-0.05, 0) is 58.8 Å². The number of carboxylic acids is 1. The Kier molecular flexibility index (Phi) is 4.67. The number of aryl methyl sites for hydroxylation is 1. The molecule has 130 valence electrons. The SMILES string of the molecule is O=C(O)CCc1cc(-c2cc(-c3cccs3)cc(C(F)(F)F)c2)c[nH]1. The number of aromatic amines is 1. The molecule has 0 saturated heterocycles. The first-order chi connectivity index (χ1) is 11.8. The molecular formula is C18H14F3NO2S. The number of benzene rings is 1. The van der Waals surface area contributed by atoms with Gasteiger partial charge in [0, 0.05) is 16.8 Å². The molecule has 25 heavy (non-hydrogen) atoms. The van der Waals surface area contributed by atoms with Crippen LogP contribution < -0.4 is 0 Å². The lowest BCUT2D eigenvalue weighted by Crippen LogP contribution is -2.05. The van der Waals surface area contributed by atoms with E-state index >= 15 is 0 Å². The average molecular weight is 365 g/mol. The molecule has 3 aromatic rings. The third-order valence-electron chi connectivity index (χ3n) is 3.75. The van der Waals surface area contributed by atoms with Gasteiger partial charge < -0.3 is 10.1 Å². The lowest BCUT2D eigenvalue weighted by Gasteiger charge is -2.11. The summed E-state index contributed by atoms with van der Waals surface area (Å²) < 4.78 is 39.8. The van der Waals surface area contributed by atoms with E-state index in [1.54, 1.807) is 30.5 Å². The van der Waals surface area contributed by atoms with Crippen LogP contribution in [-0.4, -0.2) is 16.1 Å². The molecule has 3 nitrogen and oxygen atoms in total. The Morgan fingerprint density at radius 2 is 1.88 bits per heavy atom. The van der Waals surface area contributed by atoms with Crippen LogP contribution in [0.3, 0.4) is 0 Å². The summed E-state index contributed by atoms with van der Waals surface area (Å²) in [4.78, 5) is 14.3. The molecule has 0 unspecified atom stereocenters. The zero-order valence-corrected chi connectivity index (χ0v) is 13.7. The van der Waals surface area contributed by atoms with Crippen molar-refractivity contribution < 1.29 is 23.1 Å². The minimum Gasteiger partial charge on any atom is -0.481 e. The first-order valence-corrected chi connectivity index (χ1v) is 8.36. The number of carboxylic acid groups (broad SMARTS) is 1. The molecule has 2 heterocycles. The van der Waals surface area contributed by atoms with Crippen LogP contribution in [0.2, 0.25) is 0 Å². The monoisotopic (exact) mass is 365 g/mol. The van der Waals surface area contributed by atoms with Crippen molar-refractivity contribution in [2.75, 3.05) is 0 Å². The second kappa shape index (κ2) is 6.76. The Labute approximate surface area is 145 Å².